The van der Waals surface area contributed by atoms with Gasteiger partial charge in [0.05, 0.1) is 12.1 Å². The van der Waals surface area contributed by atoms with Crippen LogP contribution in [0.25, 0.3) is 0 Å². The van der Waals surface area contributed by atoms with Gasteiger partial charge >= 0.3 is 0 Å². The molecule has 3 rings (SSSR count). The van der Waals surface area contributed by atoms with E-state index in [0.29, 0.717) is 12.1 Å². The summed E-state index contributed by atoms with van der Waals surface area (Å²) in [5.74, 6) is 1.72. The molecule has 0 aromatic carbocycles. The fraction of sp³-hybridized carbons (Fsp3) is 1.00. The van der Waals surface area contributed by atoms with E-state index in [4.69, 9.17) is 0 Å². The molecule has 0 radical (unpaired) electrons. The summed E-state index contributed by atoms with van der Waals surface area (Å²) in [6.07, 6.45) is 12.7. The van der Waals surface area contributed by atoms with Crippen LogP contribution in [0.5, 0.6) is 0 Å². The molecule has 2 nitrogen and oxygen atoms in total. The van der Waals surface area contributed by atoms with Crippen molar-refractivity contribution in [2.24, 2.45) is 22.1 Å². The van der Waals surface area contributed by atoms with Crippen molar-refractivity contribution in [3.8, 4) is 0 Å². The maximum absolute atomic E-state index is 4.63. The minimum atomic E-state index is 0.616. The summed E-state index contributed by atoms with van der Waals surface area (Å²) in [6, 6.07) is 1.24. The van der Waals surface area contributed by atoms with Gasteiger partial charge in [0.25, 0.3) is 0 Å². The topological polar surface area (TPSA) is 24.7 Å². The van der Waals surface area contributed by atoms with E-state index in [1.54, 1.807) is 0 Å². The van der Waals surface area contributed by atoms with Crippen LogP contribution in [0.2, 0.25) is 0 Å². The first kappa shape index (κ1) is 9.80. The molecule has 0 N–H and O–H groups in total. The molecule has 0 aromatic heterocycles. The van der Waals surface area contributed by atoms with Gasteiger partial charge in [0.1, 0.15) is 0 Å². The molecule has 0 saturated heterocycles. The second-order valence-electron chi connectivity index (χ2n) is 5.64. The van der Waals surface area contributed by atoms with Crippen LogP contribution in [0.15, 0.2) is 10.2 Å². The normalized spacial score (nSPS) is 41.7. The molecular formula is C13H22N2. The molecule has 15 heavy (non-hydrogen) atoms. The molecule has 3 atom stereocenters. The van der Waals surface area contributed by atoms with E-state index in [1.807, 2.05) is 0 Å². The van der Waals surface area contributed by atoms with Crippen LogP contribution in [0, 0.1) is 11.8 Å². The van der Waals surface area contributed by atoms with E-state index in [0.717, 1.165) is 11.8 Å². The first-order valence-electron chi connectivity index (χ1n) is 6.85. The monoisotopic (exact) mass is 206 g/mol. The molecule has 3 unspecified atom stereocenters. The second-order valence-corrected chi connectivity index (χ2v) is 5.64. The summed E-state index contributed by atoms with van der Waals surface area (Å²) in [4.78, 5) is 0. The van der Waals surface area contributed by atoms with Crippen LogP contribution in [-0.4, -0.2) is 12.1 Å². The van der Waals surface area contributed by atoms with Crippen LogP contribution < -0.4 is 0 Å². The summed E-state index contributed by atoms with van der Waals surface area (Å²) in [5, 5.41) is 9.17. The highest BCUT2D eigenvalue weighted by Gasteiger charge is 2.40. The van der Waals surface area contributed by atoms with Crippen LogP contribution >= 0.6 is 0 Å². The van der Waals surface area contributed by atoms with Gasteiger partial charge in [0, 0.05) is 5.92 Å². The molecule has 0 spiro atoms. The first-order valence-corrected chi connectivity index (χ1v) is 6.85. The predicted molar refractivity (Wildman–Crippen MR) is 61.0 cm³/mol. The van der Waals surface area contributed by atoms with Gasteiger partial charge in [0.15, 0.2) is 0 Å². The lowest BCUT2D eigenvalue weighted by molar-refractivity contribution is 0.217. The van der Waals surface area contributed by atoms with Gasteiger partial charge < -0.3 is 0 Å². The molecule has 2 heteroatoms. The predicted octanol–water partition coefficient (Wildman–Crippen LogP) is 3.96. The Kier molecular flexibility index (Phi) is 2.76. The maximum Gasteiger partial charge on any atom is 0.0785 e. The lowest BCUT2D eigenvalue weighted by Crippen LogP contribution is -2.33. The summed E-state index contributed by atoms with van der Waals surface area (Å²) >= 11 is 0. The first-order chi connectivity index (χ1) is 7.45. The molecule has 2 fully saturated rings. The van der Waals surface area contributed by atoms with Crippen LogP contribution in [-0.2, 0) is 0 Å². The standard InChI is InChI=1S/C13H22N2/c1-2-6-10(7-3-1)13-11-8-4-5-9-12(11)14-15-13/h10-13H,1-9H2. The molecule has 84 valence electrons. The highest BCUT2D eigenvalue weighted by atomic mass is 15.2. The number of nitrogens with zero attached hydrogens (tertiary/aromatic N) is 2. The van der Waals surface area contributed by atoms with Crippen molar-refractivity contribution in [1.29, 1.82) is 0 Å². The molecule has 1 heterocycles. The number of azo groups is 1. The van der Waals surface area contributed by atoms with Crippen molar-refractivity contribution in [3.63, 3.8) is 0 Å². The van der Waals surface area contributed by atoms with Gasteiger partial charge in [-0.15, -0.1) is 0 Å². The van der Waals surface area contributed by atoms with Crippen molar-refractivity contribution in [3.05, 3.63) is 0 Å². The average molecular weight is 206 g/mol. The van der Waals surface area contributed by atoms with Crippen molar-refractivity contribution in [2.45, 2.75) is 69.9 Å². The van der Waals surface area contributed by atoms with Gasteiger partial charge in [-0.2, -0.15) is 10.2 Å². The number of fused-ring (bicyclic) bond motifs is 1. The van der Waals surface area contributed by atoms with Crippen molar-refractivity contribution in [1.82, 2.24) is 0 Å². The Morgan fingerprint density at radius 3 is 2.27 bits per heavy atom. The van der Waals surface area contributed by atoms with E-state index < -0.39 is 0 Å². The summed E-state index contributed by atoms with van der Waals surface area (Å²) in [7, 11) is 0. The van der Waals surface area contributed by atoms with Gasteiger partial charge in [0.2, 0.25) is 0 Å². The number of hydrogen-bond acceptors (Lipinski definition) is 2. The summed E-state index contributed by atoms with van der Waals surface area (Å²) < 4.78 is 0. The number of rotatable bonds is 1. The fourth-order valence-electron chi connectivity index (χ4n) is 3.85. The third-order valence-electron chi connectivity index (χ3n) is 4.70. The van der Waals surface area contributed by atoms with E-state index in [-0.39, 0.29) is 0 Å². The van der Waals surface area contributed by atoms with Crippen molar-refractivity contribution < 1.29 is 0 Å². The zero-order valence-corrected chi connectivity index (χ0v) is 9.57. The maximum atomic E-state index is 4.63. The summed E-state index contributed by atoms with van der Waals surface area (Å²) in [5.41, 5.74) is 0. The highest BCUT2D eigenvalue weighted by Crippen LogP contribution is 2.42. The van der Waals surface area contributed by atoms with Crippen molar-refractivity contribution >= 4 is 0 Å². The molecule has 2 aliphatic carbocycles. The lowest BCUT2D eigenvalue weighted by Gasteiger charge is -2.32. The molecule has 0 aromatic rings. The third-order valence-corrected chi connectivity index (χ3v) is 4.70. The minimum absolute atomic E-state index is 0.616. The molecule has 3 aliphatic rings. The van der Waals surface area contributed by atoms with Crippen LogP contribution in [0.3, 0.4) is 0 Å². The van der Waals surface area contributed by atoms with E-state index in [2.05, 4.69) is 10.2 Å². The average Bonchev–Trinajstić information content (AvgIpc) is 2.74. The van der Waals surface area contributed by atoms with E-state index >= 15 is 0 Å². The Labute approximate surface area is 92.5 Å². The Morgan fingerprint density at radius 2 is 1.40 bits per heavy atom. The third kappa shape index (κ3) is 1.83. The van der Waals surface area contributed by atoms with E-state index in [1.165, 1.54) is 57.8 Å². The second kappa shape index (κ2) is 4.23. The SMILES string of the molecule is C1CCC(C2N=NC3CCCCC32)CC1. The molecule has 0 amide bonds. The smallest absolute Gasteiger partial charge is 0.0785 e. The van der Waals surface area contributed by atoms with Gasteiger partial charge in [-0.25, -0.2) is 0 Å². The fourth-order valence-corrected chi connectivity index (χ4v) is 3.85. The van der Waals surface area contributed by atoms with Gasteiger partial charge in [-0.3, -0.25) is 0 Å². The molecule has 1 aliphatic heterocycles. The van der Waals surface area contributed by atoms with Gasteiger partial charge in [-0.05, 0) is 31.6 Å². The molecule has 0 bridgehead atoms. The van der Waals surface area contributed by atoms with Crippen molar-refractivity contribution in [2.75, 3.05) is 0 Å². The summed E-state index contributed by atoms with van der Waals surface area (Å²) in [6.45, 7) is 0. The number of hydrogen-bond donors (Lipinski definition) is 0. The highest BCUT2D eigenvalue weighted by molar-refractivity contribution is 4.96. The zero-order valence-electron chi connectivity index (χ0n) is 9.57. The van der Waals surface area contributed by atoms with Crippen LogP contribution in [0.1, 0.15) is 57.8 Å². The molecule has 2 saturated carbocycles. The van der Waals surface area contributed by atoms with Gasteiger partial charge in [-0.1, -0.05) is 32.1 Å². The largest absolute Gasteiger partial charge is 0.190 e. The lowest BCUT2D eigenvalue weighted by atomic mass is 9.73. The van der Waals surface area contributed by atoms with Crippen LogP contribution in [0.4, 0.5) is 0 Å². The Bertz CT molecular complexity index is 243. The quantitative estimate of drug-likeness (QED) is 0.620. The Morgan fingerprint density at radius 1 is 0.667 bits per heavy atom. The Hall–Kier alpha value is -0.400. The van der Waals surface area contributed by atoms with E-state index in [9.17, 15) is 0 Å². The zero-order chi connectivity index (χ0) is 10.1. The minimum Gasteiger partial charge on any atom is -0.190 e. The Balaban J connectivity index is 1.68. The molecular weight excluding hydrogens is 184 g/mol.